The molecule has 2 aliphatic rings. The number of carbonyl (C=O) groups is 1. The van der Waals surface area contributed by atoms with Gasteiger partial charge >= 0.3 is 5.97 Å². The van der Waals surface area contributed by atoms with Gasteiger partial charge in [0, 0.05) is 42.7 Å². The van der Waals surface area contributed by atoms with Crippen LogP contribution in [-0.2, 0) is 24.6 Å². The van der Waals surface area contributed by atoms with Crippen LogP contribution in [0.1, 0.15) is 40.7 Å². The van der Waals surface area contributed by atoms with E-state index in [9.17, 15) is 20.3 Å². The van der Waals surface area contributed by atoms with E-state index in [1.165, 1.54) is 6.20 Å². The second-order valence-corrected chi connectivity index (χ2v) is 12.0. The molecule has 0 bridgehead atoms. The van der Waals surface area contributed by atoms with Crippen LogP contribution in [0.25, 0.3) is 11.1 Å². The van der Waals surface area contributed by atoms with Crippen LogP contribution in [0.15, 0.2) is 67.0 Å². The summed E-state index contributed by atoms with van der Waals surface area (Å²) in [5, 5.41) is 29.6. The Morgan fingerprint density at radius 2 is 1.85 bits per heavy atom. The quantitative estimate of drug-likeness (QED) is 0.212. The number of aliphatic hydroxyl groups is 1. The highest BCUT2D eigenvalue weighted by Gasteiger charge is 2.33. The van der Waals surface area contributed by atoms with Crippen LogP contribution in [0, 0.1) is 18.3 Å². The van der Waals surface area contributed by atoms with E-state index in [0.717, 1.165) is 33.8 Å². The second-order valence-electron chi connectivity index (χ2n) is 11.6. The van der Waals surface area contributed by atoms with Crippen molar-refractivity contribution in [1.29, 1.82) is 5.26 Å². The summed E-state index contributed by atoms with van der Waals surface area (Å²) in [5.74, 6) is 1.33. The summed E-state index contributed by atoms with van der Waals surface area (Å²) in [4.78, 5) is 17.9. The zero-order valence-corrected chi connectivity index (χ0v) is 26.6. The maximum atomic E-state index is 12.0. The van der Waals surface area contributed by atoms with Gasteiger partial charge in [-0.1, -0.05) is 35.9 Å². The molecule has 0 saturated carbocycles. The van der Waals surface area contributed by atoms with Crippen molar-refractivity contribution in [2.75, 3.05) is 19.8 Å². The molecule has 0 spiro atoms. The van der Waals surface area contributed by atoms with Gasteiger partial charge in [-0.15, -0.1) is 0 Å². The molecule has 6 rings (SSSR count). The van der Waals surface area contributed by atoms with Crippen molar-refractivity contribution in [2.24, 2.45) is 0 Å². The molecule has 47 heavy (non-hydrogen) atoms. The molecule has 10 nitrogen and oxygen atoms in total. The highest BCUT2D eigenvalue weighted by molar-refractivity contribution is 6.32. The number of fused-ring (bicyclic) bond motifs is 1. The van der Waals surface area contributed by atoms with E-state index in [1.807, 2.05) is 37.3 Å². The van der Waals surface area contributed by atoms with Crippen LogP contribution in [0.3, 0.4) is 0 Å². The summed E-state index contributed by atoms with van der Waals surface area (Å²) >= 11 is 6.77. The van der Waals surface area contributed by atoms with E-state index in [4.69, 9.17) is 30.5 Å². The lowest BCUT2D eigenvalue weighted by Crippen LogP contribution is -2.48. The number of hydrogen-bond acceptors (Lipinski definition) is 9. The molecule has 1 saturated heterocycles. The van der Waals surface area contributed by atoms with Crippen molar-refractivity contribution in [1.82, 2.24) is 9.88 Å². The molecule has 3 aromatic carbocycles. The highest BCUT2D eigenvalue weighted by atomic mass is 35.5. The summed E-state index contributed by atoms with van der Waals surface area (Å²) in [5.41, 5.74) is 5.85. The molecule has 2 N–H and O–H groups in total. The lowest BCUT2D eigenvalue weighted by Gasteiger charge is -2.35. The average Bonchev–Trinajstić information content (AvgIpc) is 3.08. The Labute approximate surface area is 277 Å². The van der Waals surface area contributed by atoms with Crippen LogP contribution < -0.4 is 18.9 Å². The number of nitrogens with zero attached hydrogens (tertiary/aromatic N) is 3. The minimum atomic E-state index is -0.995. The van der Waals surface area contributed by atoms with E-state index in [2.05, 4.69) is 17.1 Å². The molecule has 1 fully saturated rings. The Bertz CT molecular complexity index is 1830. The fourth-order valence-corrected chi connectivity index (χ4v) is 6.15. The highest BCUT2D eigenvalue weighted by Crippen LogP contribution is 2.38. The lowest BCUT2D eigenvalue weighted by molar-refractivity contribution is -0.147. The van der Waals surface area contributed by atoms with Gasteiger partial charge in [0.05, 0.1) is 16.7 Å². The van der Waals surface area contributed by atoms with Crippen LogP contribution in [-0.4, -0.2) is 58.0 Å². The van der Waals surface area contributed by atoms with Crippen molar-refractivity contribution >= 4 is 17.6 Å². The molecule has 2 unspecified atom stereocenters. The van der Waals surface area contributed by atoms with Crippen LogP contribution >= 0.6 is 11.6 Å². The van der Waals surface area contributed by atoms with Gasteiger partial charge < -0.3 is 29.2 Å². The number of hydrogen-bond donors (Lipinski definition) is 2. The Balaban J connectivity index is 1.25. The zero-order chi connectivity index (χ0) is 32.9. The molecular weight excluding hydrogens is 622 g/mol. The third-order valence-electron chi connectivity index (χ3n) is 8.46. The SMILES string of the molecule is Cc1c(COc2cc(OCc3cncc(C#N)c3)c(CN3CCC(O)CC3C(=O)O)cc2Cl)cccc1-c1ccc2c(c1)OCCO2. The van der Waals surface area contributed by atoms with E-state index in [1.54, 1.807) is 29.3 Å². The average molecular weight is 656 g/mol. The van der Waals surface area contributed by atoms with E-state index in [-0.39, 0.29) is 26.2 Å². The number of pyridine rings is 1. The first-order chi connectivity index (χ1) is 22.8. The number of nitriles is 1. The number of aromatic nitrogens is 1. The fourth-order valence-electron chi connectivity index (χ4n) is 5.91. The van der Waals surface area contributed by atoms with Crippen molar-refractivity contribution in [3.63, 3.8) is 0 Å². The lowest BCUT2D eigenvalue weighted by atomic mass is 9.96. The summed E-state index contributed by atoms with van der Waals surface area (Å²) in [6.07, 6.45) is 3.03. The largest absolute Gasteiger partial charge is 0.488 e. The summed E-state index contributed by atoms with van der Waals surface area (Å²) in [7, 11) is 0. The third-order valence-corrected chi connectivity index (χ3v) is 8.76. The van der Waals surface area contributed by atoms with Gasteiger partial charge in [-0.25, -0.2) is 0 Å². The number of ether oxygens (including phenoxy) is 4. The Kier molecular flexibility index (Phi) is 9.78. The number of likely N-dealkylation sites (tertiary alicyclic amines) is 1. The van der Waals surface area contributed by atoms with Gasteiger partial charge in [0.2, 0.25) is 0 Å². The maximum absolute atomic E-state index is 12.0. The molecule has 4 aromatic rings. The first kappa shape index (κ1) is 32.1. The number of benzene rings is 3. The zero-order valence-electron chi connectivity index (χ0n) is 25.8. The van der Waals surface area contributed by atoms with Crippen molar-refractivity contribution in [3.8, 4) is 40.2 Å². The number of rotatable bonds is 10. The Morgan fingerprint density at radius 1 is 1.04 bits per heavy atom. The van der Waals surface area contributed by atoms with E-state index >= 15 is 0 Å². The number of aliphatic carboxylic acids is 1. The minimum Gasteiger partial charge on any atom is -0.488 e. The first-order valence-electron chi connectivity index (χ1n) is 15.3. The van der Waals surface area contributed by atoms with Gasteiger partial charge in [0.25, 0.3) is 0 Å². The summed E-state index contributed by atoms with van der Waals surface area (Å²) < 4.78 is 24.0. The molecule has 0 radical (unpaired) electrons. The number of carboxylic acid groups (broad SMARTS) is 1. The molecule has 2 aliphatic heterocycles. The maximum Gasteiger partial charge on any atom is 0.321 e. The van der Waals surface area contributed by atoms with E-state index < -0.39 is 18.1 Å². The van der Waals surface area contributed by atoms with Crippen LogP contribution in [0.4, 0.5) is 0 Å². The van der Waals surface area contributed by atoms with Gasteiger partial charge in [-0.3, -0.25) is 14.7 Å². The molecule has 2 atom stereocenters. The monoisotopic (exact) mass is 655 g/mol. The van der Waals surface area contributed by atoms with Crippen molar-refractivity contribution in [2.45, 2.75) is 51.7 Å². The standard InChI is InChI=1S/C36H34ClN3O7/c1-22-26(3-2-4-29(22)25-5-6-32-35(13-25)45-10-9-44-32)21-47-34-15-33(46-20-24-11-23(16-38)17-39-18-24)27(12-30(34)37)19-40-8-7-28(41)14-31(40)36(42)43/h2-6,11-13,15,17-18,28,31,41H,7-10,14,19-21H2,1H3,(H,42,43). The molecule has 0 amide bonds. The molecule has 242 valence electrons. The molecule has 3 heterocycles. The molecular formula is C36H34ClN3O7. The van der Waals surface area contributed by atoms with Crippen LogP contribution in [0.5, 0.6) is 23.0 Å². The summed E-state index contributed by atoms with van der Waals surface area (Å²) in [6, 6.07) is 18.3. The smallest absolute Gasteiger partial charge is 0.321 e. The van der Waals surface area contributed by atoms with E-state index in [0.29, 0.717) is 59.4 Å². The topological polar surface area (TPSA) is 134 Å². The Hall–Kier alpha value is -4.82. The van der Waals surface area contributed by atoms with Crippen LogP contribution in [0.2, 0.25) is 5.02 Å². The fraction of sp³-hybridized carbons (Fsp3) is 0.306. The predicted octanol–water partition coefficient (Wildman–Crippen LogP) is 5.92. The molecule has 11 heteroatoms. The normalized spacial score (nSPS) is 17.5. The molecule has 1 aromatic heterocycles. The van der Waals surface area contributed by atoms with Gasteiger partial charge in [-0.2, -0.15) is 5.26 Å². The second kappa shape index (κ2) is 14.3. The van der Waals surface area contributed by atoms with Crippen molar-refractivity contribution < 1.29 is 34.0 Å². The number of piperidine rings is 1. The van der Waals surface area contributed by atoms with Crippen molar-refractivity contribution in [3.05, 3.63) is 99.8 Å². The predicted molar refractivity (Wildman–Crippen MR) is 174 cm³/mol. The minimum absolute atomic E-state index is 0.119. The first-order valence-corrected chi connectivity index (χ1v) is 15.7. The number of aliphatic hydroxyl groups excluding tert-OH is 1. The number of halogens is 1. The van der Waals surface area contributed by atoms with Gasteiger partial charge in [0.15, 0.2) is 11.5 Å². The Morgan fingerprint density at radius 3 is 2.66 bits per heavy atom. The number of carboxylic acids is 1. The van der Waals surface area contributed by atoms with Gasteiger partial charge in [0.1, 0.15) is 50.0 Å². The summed E-state index contributed by atoms with van der Waals surface area (Å²) in [6.45, 7) is 4.09. The third kappa shape index (κ3) is 7.44. The van der Waals surface area contributed by atoms with Gasteiger partial charge in [-0.05, 0) is 66.3 Å². The molecule has 0 aliphatic carbocycles.